The maximum Gasteiger partial charge on any atom is 0.241 e. The number of rotatable bonds is 2. The Kier molecular flexibility index (Phi) is 2.89. The predicted octanol–water partition coefficient (Wildman–Crippen LogP) is 3.32. The van der Waals surface area contributed by atoms with Gasteiger partial charge in [0.15, 0.2) is 0 Å². The maximum atomic E-state index is 12.2. The number of carbonyl (C=O) groups excluding carboxylic acids is 1. The lowest BCUT2D eigenvalue weighted by atomic mass is 9.75. The molecule has 23 heavy (non-hydrogen) atoms. The Morgan fingerprint density at radius 3 is 2.52 bits per heavy atom. The molecule has 2 aliphatic rings. The van der Waals surface area contributed by atoms with Gasteiger partial charge in [0, 0.05) is 11.1 Å². The molecule has 0 saturated carbocycles. The van der Waals surface area contributed by atoms with Crippen LogP contribution in [0.5, 0.6) is 0 Å². The molecule has 0 unspecified atom stereocenters. The molecule has 116 valence electrons. The van der Waals surface area contributed by atoms with Crippen LogP contribution in [0.4, 0.5) is 5.69 Å². The first-order valence-corrected chi connectivity index (χ1v) is 7.97. The Balaban J connectivity index is 1.85. The summed E-state index contributed by atoms with van der Waals surface area (Å²) in [5, 5.41) is 3.24. The summed E-state index contributed by atoms with van der Waals surface area (Å²) in [6, 6.07) is 18.6. The second-order valence-electron chi connectivity index (χ2n) is 6.79. The molecule has 1 amide bonds. The highest BCUT2D eigenvalue weighted by Crippen LogP contribution is 2.52. The molecule has 3 heteroatoms. The van der Waals surface area contributed by atoms with Crippen molar-refractivity contribution in [3.63, 3.8) is 0 Å². The van der Waals surface area contributed by atoms with E-state index in [-0.39, 0.29) is 11.3 Å². The fourth-order valence-corrected chi connectivity index (χ4v) is 3.92. The summed E-state index contributed by atoms with van der Waals surface area (Å²) in [7, 11) is 0. The van der Waals surface area contributed by atoms with Crippen LogP contribution in [0.2, 0.25) is 0 Å². The molecule has 4 rings (SSSR count). The summed E-state index contributed by atoms with van der Waals surface area (Å²) in [6.07, 6.45) is 4.25. The Hall–Kier alpha value is -2.55. The van der Waals surface area contributed by atoms with Crippen molar-refractivity contribution in [2.75, 3.05) is 11.4 Å². The molecule has 0 radical (unpaired) electrons. The molecular weight excluding hydrogens is 284 g/mol. The van der Waals surface area contributed by atoms with E-state index >= 15 is 0 Å². The van der Waals surface area contributed by atoms with E-state index < -0.39 is 5.66 Å². The van der Waals surface area contributed by atoms with E-state index in [4.69, 9.17) is 0 Å². The zero-order chi connectivity index (χ0) is 16.1. The molecule has 2 aliphatic heterocycles. The van der Waals surface area contributed by atoms with Crippen LogP contribution in [0, 0.1) is 0 Å². The van der Waals surface area contributed by atoms with Gasteiger partial charge in [0.1, 0.15) is 5.66 Å². The van der Waals surface area contributed by atoms with Crippen LogP contribution in [-0.4, -0.2) is 18.1 Å². The number of nitrogens with one attached hydrogen (secondary N) is 1. The average Bonchev–Trinajstić information content (AvgIpc) is 2.99. The largest absolute Gasteiger partial charge is 0.335 e. The van der Waals surface area contributed by atoms with Crippen molar-refractivity contribution >= 4 is 17.7 Å². The first-order chi connectivity index (χ1) is 11.0. The second-order valence-corrected chi connectivity index (χ2v) is 6.79. The monoisotopic (exact) mass is 304 g/mol. The molecule has 2 heterocycles. The maximum absolute atomic E-state index is 12.2. The molecule has 1 atom stereocenters. The number of hydrogen-bond donors (Lipinski definition) is 1. The molecule has 1 saturated heterocycles. The van der Waals surface area contributed by atoms with Gasteiger partial charge in [-0.15, -0.1) is 0 Å². The standard InChI is InChI=1S/C20H20N2O/c1-19(2)16-10-6-7-11-17(16)22-14-18(23)21-20(19,22)13-12-15-8-4-3-5-9-15/h3-13H,14H2,1-2H3,(H,21,23)/b13-12+/t20-/m0/s1. The Morgan fingerprint density at radius 2 is 1.74 bits per heavy atom. The molecule has 0 spiro atoms. The van der Waals surface area contributed by atoms with Crippen molar-refractivity contribution in [3.05, 3.63) is 71.8 Å². The van der Waals surface area contributed by atoms with Crippen LogP contribution < -0.4 is 10.2 Å². The minimum absolute atomic E-state index is 0.0743. The zero-order valence-electron chi connectivity index (χ0n) is 13.4. The van der Waals surface area contributed by atoms with Crippen LogP contribution in [0.3, 0.4) is 0 Å². The van der Waals surface area contributed by atoms with Crippen LogP contribution in [0.25, 0.3) is 6.08 Å². The number of para-hydroxylation sites is 1. The van der Waals surface area contributed by atoms with E-state index in [1.807, 2.05) is 24.3 Å². The molecule has 1 fully saturated rings. The van der Waals surface area contributed by atoms with Crippen LogP contribution in [0.1, 0.15) is 25.0 Å². The van der Waals surface area contributed by atoms with Crippen molar-refractivity contribution in [1.29, 1.82) is 0 Å². The summed E-state index contributed by atoms with van der Waals surface area (Å²) < 4.78 is 0. The molecule has 2 aromatic rings. The Morgan fingerprint density at radius 1 is 1.04 bits per heavy atom. The fraction of sp³-hybridized carbons (Fsp3) is 0.250. The third-order valence-corrected chi connectivity index (χ3v) is 5.20. The predicted molar refractivity (Wildman–Crippen MR) is 93.2 cm³/mol. The minimum atomic E-state index is -0.510. The number of anilines is 1. The van der Waals surface area contributed by atoms with E-state index in [0.29, 0.717) is 6.54 Å². The lowest BCUT2D eigenvalue weighted by Gasteiger charge is -2.40. The van der Waals surface area contributed by atoms with Gasteiger partial charge in [0.2, 0.25) is 5.91 Å². The van der Waals surface area contributed by atoms with E-state index in [1.165, 1.54) is 5.56 Å². The van der Waals surface area contributed by atoms with Gasteiger partial charge >= 0.3 is 0 Å². The minimum Gasteiger partial charge on any atom is -0.335 e. The van der Waals surface area contributed by atoms with Gasteiger partial charge in [0.25, 0.3) is 0 Å². The van der Waals surface area contributed by atoms with Crippen molar-refractivity contribution in [1.82, 2.24) is 5.32 Å². The highest BCUT2D eigenvalue weighted by atomic mass is 16.2. The third kappa shape index (κ3) is 1.86. The summed E-state index contributed by atoms with van der Waals surface area (Å²) in [4.78, 5) is 14.4. The summed E-state index contributed by atoms with van der Waals surface area (Å²) >= 11 is 0. The van der Waals surface area contributed by atoms with Crippen molar-refractivity contribution < 1.29 is 4.79 Å². The molecule has 0 bridgehead atoms. The topological polar surface area (TPSA) is 32.3 Å². The molecule has 1 N–H and O–H groups in total. The van der Waals surface area contributed by atoms with Gasteiger partial charge in [0.05, 0.1) is 6.54 Å². The van der Waals surface area contributed by atoms with Gasteiger partial charge in [-0.25, -0.2) is 0 Å². The van der Waals surface area contributed by atoms with Gasteiger partial charge < -0.3 is 10.2 Å². The number of amides is 1. The van der Waals surface area contributed by atoms with E-state index in [1.54, 1.807) is 0 Å². The zero-order valence-corrected chi connectivity index (χ0v) is 13.4. The summed E-state index contributed by atoms with van der Waals surface area (Å²) in [6.45, 7) is 4.80. The molecule has 2 aromatic carbocycles. The molecule has 3 nitrogen and oxygen atoms in total. The number of nitrogens with zero attached hydrogens (tertiary/aromatic N) is 1. The van der Waals surface area contributed by atoms with Gasteiger partial charge in [-0.05, 0) is 23.3 Å². The first kappa shape index (κ1) is 14.1. The summed E-state index contributed by atoms with van der Waals surface area (Å²) in [5.74, 6) is 0.0743. The third-order valence-electron chi connectivity index (χ3n) is 5.20. The molecular formula is C20H20N2O. The highest BCUT2D eigenvalue weighted by molar-refractivity contribution is 5.91. The normalized spacial score (nSPS) is 24.6. The van der Waals surface area contributed by atoms with Crippen LogP contribution in [-0.2, 0) is 10.2 Å². The lowest BCUT2D eigenvalue weighted by molar-refractivity contribution is -0.118. The van der Waals surface area contributed by atoms with Crippen molar-refractivity contribution in [3.8, 4) is 0 Å². The SMILES string of the molecule is CC1(C)c2ccccc2N2CC(=O)N[C@@]21/C=C/c1ccccc1. The quantitative estimate of drug-likeness (QED) is 0.923. The highest BCUT2D eigenvalue weighted by Gasteiger charge is 2.59. The number of hydrogen-bond acceptors (Lipinski definition) is 2. The van der Waals surface area contributed by atoms with E-state index in [2.05, 4.69) is 66.5 Å². The smallest absolute Gasteiger partial charge is 0.241 e. The van der Waals surface area contributed by atoms with Gasteiger partial charge in [-0.1, -0.05) is 68.5 Å². The number of carbonyl (C=O) groups is 1. The number of benzene rings is 2. The Labute approximate surface area is 136 Å². The average molecular weight is 304 g/mol. The van der Waals surface area contributed by atoms with Crippen LogP contribution in [0.15, 0.2) is 60.7 Å². The van der Waals surface area contributed by atoms with Gasteiger partial charge in [-0.2, -0.15) is 0 Å². The lowest BCUT2D eigenvalue weighted by Crippen LogP contribution is -2.58. The molecule has 0 aliphatic carbocycles. The fourth-order valence-electron chi connectivity index (χ4n) is 3.92. The van der Waals surface area contributed by atoms with Crippen LogP contribution >= 0.6 is 0 Å². The summed E-state index contributed by atoms with van der Waals surface area (Å²) in [5.41, 5.74) is 2.84. The molecule has 0 aromatic heterocycles. The first-order valence-electron chi connectivity index (χ1n) is 7.97. The Bertz CT molecular complexity index is 794. The van der Waals surface area contributed by atoms with E-state index in [0.717, 1.165) is 11.3 Å². The van der Waals surface area contributed by atoms with E-state index in [9.17, 15) is 4.79 Å². The van der Waals surface area contributed by atoms with Crippen molar-refractivity contribution in [2.24, 2.45) is 0 Å². The number of fused-ring (bicyclic) bond motifs is 3. The second kappa shape index (κ2) is 4.72. The van der Waals surface area contributed by atoms with Gasteiger partial charge in [-0.3, -0.25) is 4.79 Å². The van der Waals surface area contributed by atoms with Crippen molar-refractivity contribution in [2.45, 2.75) is 24.9 Å².